The van der Waals surface area contributed by atoms with E-state index >= 15 is 0 Å². The first-order valence-electron chi connectivity index (χ1n) is 8.95. The van der Waals surface area contributed by atoms with E-state index in [9.17, 15) is 0 Å². The molecule has 23 heavy (non-hydrogen) atoms. The van der Waals surface area contributed by atoms with Crippen LogP contribution in [0.2, 0.25) is 0 Å². The Kier molecular flexibility index (Phi) is 6.11. The van der Waals surface area contributed by atoms with Gasteiger partial charge in [0.1, 0.15) is 0 Å². The van der Waals surface area contributed by atoms with Gasteiger partial charge in [-0.25, -0.2) is 0 Å². The molecule has 0 saturated carbocycles. The quantitative estimate of drug-likeness (QED) is 0.441. The van der Waals surface area contributed by atoms with Gasteiger partial charge in [0, 0.05) is 5.66 Å². The lowest BCUT2D eigenvalue weighted by atomic mass is 10.2. The third-order valence-electron chi connectivity index (χ3n) is 4.19. The summed E-state index contributed by atoms with van der Waals surface area (Å²) in [5.74, 6) is 0. The fourth-order valence-electron chi connectivity index (χ4n) is 4.50. The Morgan fingerprint density at radius 3 is 1.35 bits per heavy atom. The number of hydrogen-bond donors (Lipinski definition) is 0. The molecule has 134 valence electrons. The van der Waals surface area contributed by atoms with E-state index in [1.165, 1.54) is 0 Å². The highest BCUT2D eigenvalue weighted by Crippen LogP contribution is 2.74. The van der Waals surface area contributed by atoms with Crippen LogP contribution in [0.15, 0.2) is 23.5 Å². The highest BCUT2D eigenvalue weighted by Gasteiger charge is 2.46. The van der Waals surface area contributed by atoms with E-state index in [0.29, 0.717) is 26.3 Å². The molecule has 0 heterocycles. The van der Waals surface area contributed by atoms with Gasteiger partial charge in [-0.05, 0) is 25.9 Å². The molecule has 1 rings (SSSR count). The Morgan fingerprint density at radius 2 is 1.04 bits per heavy atom. The van der Waals surface area contributed by atoms with Gasteiger partial charge in [-0.1, -0.05) is 117 Å². The minimum atomic E-state index is -0.195. The average Bonchev–Trinajstić information content (AvgIpc) is 2.56. The van der Waals surface area contributed by atoms with Gasteiger partial charge in [-0.2, -0.15) is 0 Å². The molecule has 0 N–H and O–H groups in total. The second-order valence-electron chi connectivity index (χ2n) is 10.8. The van der Waals surface area contributed by atoms with E-state index in [2.05, 4.69) is 101 Å². The van der Waals surface area contributed by atoms with E-state index in [0.717, 1.165) is 0 Å². The fraction of sp³-hybridized carbons (Fsp3) is 0.810. The molecule has 0 aliphatic heterocycles. The first-order valence-corrected chi connectivity index (χ1v) is 11.7. The molecule has 0 fully saturated rings. The van der Waals surface area contributed by atoms with E-state index in [4.69, 9.17) is 0 Å². The van der Waals surface area contributed by atoms with Crippen molar-refractivity contribution in [2.75, 3.05) is 0 Å². The fourth-order valence-corrected chi connectivity index (χ4v) is 13.6. The first-order chi connectivity index (χ1) is 9.97. The summed E-state index contributed by atoms with van der Waals surface area (Å²) in [6.45, 7) is 29.3. The van der Waals surface area contributed by atoms with Crippen LogP contribution in [0.1, 0.15) is 83.1 Å². The molecule has 1 aliphatic rings. The molecule has 1 unspecified atom stereocenters. The van der Waals surface area contributed by atoms with Gasteiger partial charge in [0.25, 0.3) is 0 Å². The Hall–Kier alpha value is 0.340. The van der Waals surface area contributed by atoms with Crippen molar-refractivity contribution in [3.8, 4) is 0 Å². The predicted molar refractivity (Wildman–Crippen MR) is 114 cm³/mol. The molecular weight excluding hydrogens is 314 g/mol. The number of rotatable bonds is 2. The molecule has 0 spiro atoms. The summed E-state index contributed by atoms with van der Waals surface area (Å²) in [7, 11) is -0.344. The monoisotopic (exact) mass is 354 g/mol. The highest BCUT2D eigenvalue weighted by atomic mass is 31.1. The van der Waals surface area contributed by atoms with E-state index < -0.39 is 0 Å². The Labute approximate surface area is 149 Å². The van der Waals surface area contributed by atoms with Gasteiger partial charge in [0.15, 0.2) is 0 Å². The summed E-state index contributed by atoms with van der Waals surface area (Å²) in [6.07, 6.45) is 7.34. The lowest BCUT2D eigenvalue weighted by Crippen LogP contribution is -2.34. The van der Waals surface area contributed by atoms with Crippen molar-refractivity contribution in [3.63, 3.8) is 0 Å². The van der Waals surface area contributed by atoms with Crippen molar-refractivity contribution < 1.29 is 0 Å². The third kappa shape index (κ3) is 5.16. The van der Waals surface area contributed by atoms with Gasteiger partial charge >= 0.3 is 0 Å². The van der Waals surface area contributed by atoms with Crippen molar-refractivity contribution in [2.45, 2.75) is 109 Å². The zero-order chi connectivity index (χ0) is 18.4. The Bertz CT molecular complexity index is 442. The van der Waals surface area contributed by atoms with Gasteiger partial charge in [-0.15, -0.1) is 0 Å². The maximum atomic E-state index is 2.52. The van der Waals surface area contributed by atoms with Crippen LogP contribution in [0, 0.1) is 0 Å². The molecule has 0 bridgehead atoms. The number of hydrogen-bond acceptors (Lipinski definition) is 0. The van der Waals surface area contributed by atoms with Crippen molar-refractivity contribution in [2.24, 2.45) is 0 Å². The normalized spacial score (nSPS) is 20.6. The molecule has 0 saturated heterocycles. The van der Waals surface area contributed by atoms with E-state index in [1.807, 2.05) is 0 Å². The van der Waals surface area contributed by atoms with E-state index in [1.54, 1.807) is 5.31 Å². The van der Waals surface area contributed by atoms with Crippen molar-refractivity contribution in [1.82, 2.24) is 0 Å². The number of allylic oxidation sites excluding steroid dienone is 4. The SMILES string of the molecule is CC(C)(C)P(C1=CC=CC1P(C(C)(C)C)C(C)(C)C)C(C)(C)C. The van der Waals surface area contributed by atoms with Crippen molar-refractivity contribution in [3.05, 3.63) is 23.5 Å². The predicted octanol–water partition coefficient (Wildman–Crippen LogP) is 7.97. The molecule has 0 nitrogen and oxygen atoms in total. The molecular formula is C21H40P2. The smallest absolute Gasteiger partial charge is 0.0238 e. The van der Waals surface area contributed by atoms with Crippen molar-refractivity contribution >= 4 is 15.8 Å². The molecule has 0 amide bonds. The zero-order valence-corrected chi connectivity index (χ0v) is 19.5. The Balaban J connectivity index is 3.39. The van der Waals surface area contributed by atoms with Crippen LogP contribution in [0.5, 0.6) is 0 Å². The van der Waals surface area contributed by atoms with Crippen LogP contribution in [0.25, 0.3) is 0 Å². The lowest BCUT2D eigenvalue weighted by Gasteiger charge is -2.50. The zero-order valence-electron chi connectivity index (χ0n) is 17.7. The van der Waals surface area contributed by atoms with Crippen LogP contribution in [-0.2, 0) is 0 Å². The lowest BCUT2D eigenvalue weighted by molar-refractivity contribution is 0.695. The second-order valence-corrected chi connectivity index (χ2v) is 18.7. The molecule has 2 heteroatoms. The third-order valence-corrected chi connectivity index (χ3v) is 11.9. The first kappa shape index (κ1) is 21.4. The van der Waals surface area contributed by atoms with Gasteiger partial charge in [0.2, 0.25) is 0 Å². The highest BCUT2D eigenvalue weighted by molar-refractivity contribution is 7.68. The van der Waals surface area contributed by atoms with E-state index in [-0.39, 0.29) is 15.8 Å². The maximum absolute atomic E-state index is 2.52. The molecule has 0 aromatic rings. The van der Waals surface area contributed by atoms with Crippen LogP contribution >= 0.6 is 15.8 Å². The van der Waals surface area contributed by atoms with Crippen LogP contribution in [0.4, 0.5) is 0 Å². The minimum absolute atomic E-state index is 0.149. The maximum Gasteiger partial charge on any atom is 0.0238 e. The van der Waals surface area contributed by atoms with Crippen molar-refractivity contribution in [1.29, 1.82) is 0 Å². The summed E-state index contributed by atoms with van der Waals surface area (Å²) in [6, 6.07) is 0. The molecule has 1 atom stereocenters. The van der Waals surface area contributed by atoms with Crippen LogP contribution in [-0.4, -0.2) is 26.3 Å². The summed E-state index contributed by atoms with van der Waals surface area (Å²) in [4.78, 5) is 0. The summed E-state index contributed by atoms with van der Waals surface area (Å²) in [5, 5.41) is 3.17. The largest absolute Gasteiger partial charge is 0.0839 e. The molecule has 1 aliphatic carbocycles. The molecule has 0 aromatic carbocycles. The summed E-state index contributed by atoms with van der Waals surface area (Å²) in [5.41, 5.74) is 0.648. The summed E-state index contributed by atoms with van der Waals surface area (Å²) >= 11 is 0. The Morgan fingerprint density at radius 1 is 0.652 bits per heavy atom. The van der Waals surface area contributed by atoms with Gasteiger partial charge < -0.3 is 0 Å². The van der Waals surface area contributed by atoms with Gasteiger partial charge in [0.05, 0.1) is 0 Å². The molecule has 0 aromatic heterocycles. The van der Waals surface area contributed by atoms with Gasteiger partial charge in [-0.3, -0.25) is 0 Å². The van der Waals surface area contributed by atoms with Crippen LogP contribution in [0.3, 0.4) is 0 Å². The average molecular weight is 354 g/mol. The van der Waals surface area contributed by atoms with Crippen LogP contribution < -0.4 is 0 Å². The second kappa shape index (κ2) is 6.57. The minimum Gasteiger partial charge on any atom is -0.0839 e. The summed E-state index contributed by atoms with van der Waals surface area (Å²) < 4.78 is 0. The standard InChI is InChI=1S/C21H40P2/c1-18(2,3)22(19(4,5)6)16-14-13-15-17(16)23(20(7,8)9)21(10,11)12/h13-16H,1-12H3. The topological polar surface area (TPSA) is 0 Å². The molecule has 0 radical (unpaired) electrons.